The van der Waals surface area contributed by atoms with Crippen molar-refractivity contribution in [1.29, 1.82) is 0 Å². The standard InChI is InChI=1S/C19H36N4O3.HI/c1-18(2,3)26-17(24)23-10-7-15(8-11-23)13-21-16(20-5)22-14-19(4)9-6-12-25-19;/h15H,6-14H2,1-5H3,(H2,20,21,22);1H. The van der Waals surface area contributed by atoms with Crippen molar-refractivity contribution in [3.05, 3.63) is 0 Å². The second-order valence-electron chi connectivity index (χ2n) is 8.62. The van der Waals surface area contributed by atoms with Crippen molar-refractivity contribution in [3.63, 3.8) is 0 Å². The summed E-state index contributed by atoms with van der Waals surface area (Å²) < 4.78 is 11.3. The van der Waals surface area contributed by atoms with E-state index in [1.165, 1.54) is 0 Å². The average molecular weight is 496 g/mol. The van der Waals surface area contributed by atoms with Crippen LogP contribution in [0.2, 0.25) is 0 Å². The molecule has 2 aliphatic rings. The lowest BCUT2D eigenvalue weighted by molar-refractivity contribution is 0.0185. The van der Waals surface area contributed by atoms with E-state index in [0.29, 0.717) is 5.92 Å². The van der Waals surface area contributed by atoms with Gasteiger partial charge in [-0.1, -0.05) is 0 Å². The Morgan fingerprint density at radius 3 is 2.48 bits per heavy atom. The minimum absolute atomic E-state index is 0. The number of hydrogen-bond acceptors (Lipinski definition) is 4. The van der Waals surface area contributed by atoms with Gasteiger partial charge in [0.1, 0.15) is 5.60 Å². The van der Waals surface area contributed by atoms with E-state index in [0.717, 1.165) is 64.4 Å². The number of rotatable bonds is 4. The highest BCUT2D eigenvalue weighted by molar-refractivity contribution is 14.0. The number of carbonyl (C=O) groups excluding carboxylic acids is 1. The van der Waals surface area contributed by atoms with Gasteiger partial charge in [0.2, 0.25) is 0 Å². The highest BCUT2D eigenvalue weighted by Crippen LogP contribution is 2.24. The van der Waals surface area contributed by atoms with Crippen molar-refractivity contribution >= 4 is 36.0 Å². The summed E-state index contributed by atoms with van der Waals surface area (Å²) in [5.74, 6) is 1.35. The maximum Gasteiger partial charge on any atom is 0.410 e. The number of carbonyl (C=O) groups is 1. The summed E-state index contributed by atoms with van der Waals surface area (Å²) in [6, 6.07) is 0. The average Bonchev–Trinajstić information content (AvgIpc) is 3.01. The largest absolute Gasteiger partial charge is 0.444 e. The van der Waals surface area contributed by atoms with Crippen LogP contribution in [0.25, 0.3) is 0 Å². The van der Waals surface area contributed by atoms with E-state index < -0.39 is 5.60 Å². The number of nitrogens with zero attached hydrogens (tertiary/aromatic N) is 2. The maximum absolute atomic E-state index is 12.1. The first kappa shape index (κ1) is 24.3. The van der Waals surface area contributed by atoms with E-state index in [4.69, 9.17) is 9.47 Å². The van der Waals surface area contributed by atoms with E-state index in [2.05, 4.69) is 22.5 Å². The fourth-order valence-electron chi connectivity index (χ4n) is 3.35. The lowest BCUT2D eigenvalue weighted by Crippen LogP contribution is -2.48. The number of likely N-dealkylation sites (tertiary alicyclic amines) is 1. The van der Waals surface area contributed by atoms with E-state index in [1.807, 2.05) is 25.7 Å². The minimum atomic E-state index is -0.437. The van der Waals surface area contributed by atoms with Crippen LogP contribution in [0.5, 0.6) is 0 Å². The van der Waals surface area contributed by atoms with Crippen LogP contribution in [0, 0.1) is 5.92 Å². The van der Waals surface area contributed by atoms with Crippen LogP contribution in [-0.2, 0) is 9.47 Å². The number of guanidine groups is 1. The third kappa shape index (κ3) is 8.41. The van der Waals surface area contributed by atoms with Crippen LogP contribution in [-0.4, -0.2) is 68.0 Å². The number of hydrogen-bond donors (Lipinski definition) is 2. The Bertz CT molecular complexity index is 494. The topological polar surface area (TPSA) is 75.2 Å². The third-order valence-electron chi connectivity index (χ3n) is 4.98. The Morgan fingerprint density at radius 1 is 1.30 bits per heavy atom. The van der Waals surface area contributed by atoms with Gasteiger partial charge in [0.05, 0.1) is 5.60 Å². The molecule has 0 spiro atoms. The van der Waals surface area contributed by atoms with Gasteiger partial charge < -0.3 is 25.0 Å². The van der Waals surface area contributed by atoms with E-state index in [1.54, 1.807) is 7.05 Å². The molecule has 1 atom stereocenters. The van der Waals surface area contributed by atoms with Crippen molar-refractivity contribution in [3.8, 4) is 0 Å². The third-order valence-corrected chi connectivity index (χ3v) is 4.98. The molecule has 0 aromatic rings. The lowest BCUT2D eigenvalue weighted by Gasteiger charge is -2.33. The molecule has 2 rings (SSSR count). The first-order valence-corrected chi connectivity index (χ1v) is 9.77. The molecule has 0 aromatic carbocycles. The Kier molecular flexibility index (Phi) is 9.61. The lowest BCUT2D eigenvalue weighted by atomic mass is 9.97. The predicted octanol–water partition coefficient (Wildman–Crippen LogP) is 2.99. The van der Waals surface area contributed by atoms with Crippen molar-refractivity contribution in [2.24, 2.45) is 10.9 Å². The molecule has 0 aromatic heterocycles. The van der Waals surface area contributed by atoms with E-state index in [-0.39, 0.29) is 35.7 Å². The molecule has 0 saturated carbocycles. The molecule has 158 valence electrons. The normalized spacial score (nSPS) is 24.3. The summed E-state index contributed by atoms with van der Waals surface area (Å²) in [5, 5.41) is 6.78. The van der Waals surface area contributed by atoms with Crippen molar-refractivity contribution < 1.29 is 14.3 Å². The molecule has 27 heavy (non-hydrogen) atoms. The van der Waals surface area contributed by atoms with Crippen molar-refractivity contribution in [1.82, 2.24) is 15.5 Å². The van der Waals surface area contributed by atoms with Crippen LogP contribution in [0.4, 0.5) is 4.79 Å². The van der Waals surface area contributed by atoms with Gasteiger partial charge in [-0.15, -0.1) is 24.0 Å². The van der Waals surface area contributed by atoms with Crippen LogP contribution in [0.3, 0.4) is 0 Å². The zero-order chi connectivity index (χ0) is 19.2. The van der Waals surface area contributed by atoms with Gasteiger partial charge in [0.25, 0.3) is 0 Å². The number of amides is 1. The molecule has 2 saturated heterocycles. The Labute approximate surface area is 181 Å². The Hall–Kier alpha value is -0.770. The highest BCUT2D eigenvalue weighted by Gasteiger charge is 2.30. The molecule has 1 unspecified atom stereocenters. The quantitative estimate of drug-likeness (QED) is 0.356. The summed E-state index contributed by atoms with van der Waals surface area (Å²) in [7, 11) is 1.79. The molecule has 0 radical (unpaired) electrons. The highest BCUT2D eigenvalue weighted by atomic mass is 127. The van der Waals surface area contributed by atoms with Gasteiger partial charge in [-0.05, 0) is 59.3 Å². The summed E-state index contributed by atoms with van der Waals surface area (Å²) in [4.78, 5) is 18.2. The van der Waals surface area contributed by atoms with Crippen molar-refractivity contribution in [2.45, 2.75) is 64.6 Å². The van der Waals surface area contributed by atoms with E-state index in [9.17, 15) is 4.79 Å². The number of halogens is 1. The second kappa shape index (κ2) is 10.7. The molecular weight excluding hydrogens is 459 g/mol. The Morgan fingerprint density at radius 2 is 1.96 bits per heavy atom. The molecule has 2 fully saturated rings. The number of aliphatic imine (C=N–C) groups is 1. The molecule has 8 heteroatoms. The molecule has 1 amide bonds. The fourth-order valence-corrected chi connectivity index (χ4v) is 3.35. The summed E-state index contributed by atoms with van der Waals surface area (Å²) >= 11 is 0. The summed E-state index contributed by atoms with van der Waals surface area (Å²) in [6.45, 7) is 11.8. The van der Waals surface area contributed by atoms with Gasteiger partial charge in [-0.25, -0.2) is 4.79 Å². The zero-order valence-electron chi connectivity index (χ0n) is 17.5. The van der Waals surface area contributed by atoms with Gasteiger partial charge in [-0.3, -0.25) is 4.99 Å². The zero-order valence-corrected chi connectivity index (χ0v) is 19.8. The maximum atomic E-state index is 12.1. The predicted molar refractivity (Wildman–Crippen MR) is 119 cm³/mol. The molecule has 2 N–H and O–H groups in total. The summed E-state index contributed by atoms with van der Waals surface area (Å²) in [5.41, 5.74) is -0.524. The second-order valence-corrected chi connectivity index (χ2v) is 8.62. The molecule has 0 aliphatic carbocycles. The number of piperidine rings is 1. The van der Waals surface area contributed by atoms with Crippen LogP contribution < -0.4 is 10.6 Å². The summed E-state index contributed by atoms with van der Waals surface area (Å²) in [6.07, 6.45) is 3.96. The minimum Gasteiger partial charge on any atom is -0.444 e. The Balaban J connectivity index is 0.00000364. The van der Waals surface area contributed by atoms with Gasteiger partial charge in [0, 0.05) is 39.8 Å². The monoisotopic (exact) mass is 496 g/mol. The first-order chi connectivity index (χ1) is 12.2. The van der Waals surface area contributed by atoms with Gasteiger partial charge in [-0.2, -0.15) is 0 Å². The fraction of sp³-hybridized carbons (Fsp3) is 0.895. The first-order valence-electron chi connectivity index (χ1n) is 9.77. The van der Waals surface area contributed by atoms with Crippen molar-refractivity contribution in [2.75, 3.05) is 39.8 Å². The SMILES string of the molecule is CN=C(NCC1CCN(C(=O)OC(C)(C)C)CC1)NCC1(C)CCCO1.I. The van der Waals surface area contributed by atoms with Crippen LogP contribution in [0.1, 0.15) is 53.4 Å². The van der Waals surface area contributed by atoms with Gasteiger partial charge in [0.15, 0.2) is 5.96 Å². The van der Waals surface area contributed by atoms with E-state index >= 15 is 0 Å². The molecular formula is C19H37IN4O3. The molecule has 7 nitrogen and oxygen atoms in total. The molecule has 0 bridgehead atoms. The molecule has 2 heterocycles. The van der Waals surface area contributed by atoms with Crippen LogP contribution >= 0.6 is 24.0 Å². The molecule has 2 aliphatic heterocycles. The van der Waals surface area contributed by atoms with Gasteiger partial charge >= 0.3 is 6.09 Å². The smallest absolute Gasteiger partial charge is 0.410 e. The number of ether oxygens (including phenoxy) is 2. The number of nitrogens with one attached hydrogen (secondary N) is 2. The van der Waals surface area contributed by atoms with Crippen LogP contribution in [0.15, 0.2) is 4.99 Å².